The summed E-state index contributed by atoms with van der Waals surface area (Å²) in [5.74, 6) is 0.318. The first kappa shape index (κ1) is 13.1. The van der Waals surface area contributed by atoms with Crippen molar-refractivity contribution in [3.63, 3.8) is 0 Å². The molecule has 1 unspecified atom stereocenters. The molecule has 0 radical (unpaired) electrons. The number of ether oxygens (including phenoxy) is 1. The monoisotopic (exact) mass is 257 g/mol. The van der Waals surface area contributed by atoms with Crippen molar-refractivity contribution >= 4 is 5.97 Å². The highest BCUT2D eigenvalue weighted by Gasteiger charge is 2.15. The molecular weight excluding hydrogens is 242 g/mol. The Morgan fingerprint density at radius 2 is 1.74 bits per heavy atom. The third kappa shape index (κ3) is 3.56. The molecule has 3 N–H and O–H groups in total. The number of hydrogen-bond donors (Lipinski definition) is 2. The average Bonchev–Trinajstić information content (AvgIpc) is 2.42. The van der Waals surface area contributed by atoms with Crippen molar-refractivity contribution in [3.05, 3.63) is 60.2 Å². The van der Waals surface area contributed by atoms with Gasteiger partial charge >= 0.3 is 5.97 Å². The van der Waals surface area contributed by atoms with E-state index in [0.717, 1.165) is 5.56 Å². The van der Waals surface area contributed by atoms with Crippen LogP contribution in [0.5, 0.6) is 11.5 Å². The first-order valence-electron chi connectivity index (χ1n) is 5.96. The van der Waals surface area contributed by atoms with Gasteiger partial charge < -0.3 is 15.6 Å². The normalized spacial score (nSPS) is 11.8. The smallest absolute Gasteiger partial charge is 0.320 e. The van der Waals surface area contributed by atoms with Crippen LogP contribution < -0.4 is 10.5 Å². The molecule has 4 nitrogen and oxygen atoms in total. The van der Waals surface area contributed by atoms with Gasteiger partial charge in [-0.3, -0.25) is 4.79 Å². The van der Waals surface area contributed by atoms with Gasteiger partial charge in [0.15, 0.2) is 0 Å². The van der Waals surface area contributed by atoms with E-state index >= 15 is 0 Å². The molecule has 0 amide bonds. The molecule has 98 valence electrons. The molecule has 2 aromatic rings. The van der Waals surface area contributed by atoms with Crippen LogP contribution in [0, 0.1) is 0 Å². The Kier molecular flexibility index (Phi) is 4.15. The number of carbonyl (C=O) groups is 1. The summed E-state index contributed by atoms with van der Waals surface area (Å²) in [6.45, 7) is 0. The Labute approximate surface area is 111 Å². The fourth-order valence-corrected chi connectivity index (χ4v) is 1.71. The highest BCUT2D eigenvalue weighted by Crippen LogP contribution is 2.25. The van der Waals surface area contributed by atoms with E-state index < -0.39 is 12.0 Å². The lowest BCUT2D eigenvalue weighted by atomic mass is 10.1. The Balaban J connectivity index is 2.19. The molecule has 2 aromatic carbocycles. The van der Waals surface area contributed by atoms with Crippen molar-refractivity contribution in [2.75, 3.05) is 0 Å². The number of hydrogen-bond acceptors (Lipinski definition) is 3. The average molecular weight is 257 g/mol. The molecule has 2 rings (SSSR count). The molecule has 0 saturated carbocycles. The van der Waals surface area contributed by atoms with E-state index in [-0.39, 0.29) is 6.42 Å². The van der Waals surface area contributed by atoms with Crippen molar-refractivity contribution in [3.8, 4) is 11.5 Å². The molecule has 0 spiro atoms. The minimum atomic E-state index is -1.02. The lowest BCUT2D eigenvalue weighted by Gasteiger charge is -2.12. The standard InChI is InChI=1S/C15H15NO3/c16-13(15(17)18)10-11-6-4-5-9-14(11)19-12-7-2-1-3-8-12/h1-9,13H,10,16H2,(H,17,18). The number of benzene rings is 2. The Hall–Kier alpha value is -2.33. The van der Waals surface area contributed by atoms with Crippen molar-refractivity contribution in [2.24, 2.45) is 5.73 Å². The third-order valence-electron chi connectivity index (χ3n) is 2.70. The second-order valence-electron chi connectivity index (χ2n) is 4.17. The van der Waals surface area contributed by atoms with Gasteiger partial charge in [0.1, 0.15) is 17.5 Å². The molecule has 0 fully saturated rings. The third-order valence-corrected chi connectivity index (χ3v) is 2.70. The van der Waals surface area contributed by atoms with Crippen molar-refractivity contribution < 1.29 is 14.6 Å². The number of carboxylic acid groups (broad SMARTS) is 1. The molecule has 4 heteroatoms. The van der Waals surface area contributed by atoms with E-state index in [1.807, 2.05) is 48.5 Å². The van der Waals surface area contributed by atoms with Crippen LogP contribution in [0.4, 0.5) is 0 Å². The largest absolute Gasteiger partial charge is 0.480 e. The van der Waals surface area contributed by atoms with Crippen LogP contribution in [0.2, 0.25) is 0 Å². The molecule has 0 aliphatic heterocycles. The lowest BCUT2D eigenvalue weighted by molar-refractivity contribution is -0.138. The summed E-state index contributed by atoms with van der Waals surface area (Å²) in [6, 6.07) is 15.7. The molecule has 1 atom stereocenters. The molecule has 0 aliphatic carbocycles. The minimum absolute atomic E-state index is 0.234. The number of para-hydroxylation sites is 2. The maximum absolute atomic E-state index is 10.8. The van der Waals surface area contributed by atoms with Crippen LogP contribution in [-0.2, 0) is 11.2 Å². The molecule has 0 bridgehead atoms. The maximum Gasteiger partial charge on any atom is 0.320 e. The fraction of sp³-hybridized carbons (Fsp3) is 0.133. The topological polar surface area (TPSA) is 72.5 Å². The first-order valence-corrected chi connectivity index (χ1v) is 5.96. The van der Waals surface area contributed by atoms with Crippen molar-refractivity contribution in [1.82, 2.24) is 0 Å². The van der Waals surface area contributed by atoms with E-state index in [1.54, 1.807) is 6.07 Å². The lowest BCUT2D eigenvalue weighted by Crippen LogP contribution is -2.32. The van der Waals surface area contributed by atoms with Crippen molar-refractivity contribution in [2.45, 2.75) is 12.5 Å². The predicted molar refractivity (Wildman–Crippen MR) is 72.3 cm³/mol. The van der Waals surface area contributed by atoms with Crippen LogP contribution in [0.15, 0.2) is 54.6 Å². The SMILES string of the molecule is NC(Cc1ccccc1Oc1ccccc1)C(=O)O. The van der Waals surface area contributed by atoms with Crippen LogP contribution in [0.3, 0.4) is 0 Å². The Morgan fingerprint density at radius 3 is 2.42 bits per heavy atom. The van der Waals surface area contributed by atoms with Gasteiger partial charge in [-0.15, -0.1) is 0 Å². The predicted octanol–water partition coefficient (Wildman–Crippen LogP) is 2.43. The van der Waals surface area contributed by atoms with Gasteiger partial charge in [0.2, 0.25) is 0 Å². The van der Waals surface area contributed by atoms with Gasteiger partial charge in [-0.05, 0) is 23.8 Å². The van der Waals surface area contributed by atoms with Crippen LogP contribution in [0.25, 0.3) is 0 Å². The number of nitrogens with two attached hydrogens (primary N) is 1. The zero-order valence-corrected chi connectivity index (χ0v) is 10.3. The maximum atomic E-state index is 10.8. The van der Waals surface area contributed by atoms with Gasteiger partial charge in [0.05, 0.1) is 0 Å². The molecule has 0 saturated heterocycles. The molecular formula is C15H15NO3. The van der Waals surface area contributed by atoms with Crippen LogP contribution >= 0.6 is 0 Å². The highest BCUT2D eigenvalue weighted by molar-refractivity contribution is 5.73. The second kappa shape index (κ2) is 6.02. The van der Waals surface area contributed by atoms with Crippen LogP contribution in [-0.4, -0.2) is 17.1 Å². The summed E-state index contributed by atoms with van der Waals surface area (Å²) in [5.41, 5.74) is 6.33. The van der Waals surface area contributed by atoms with E-state index in [1.165, 1.54) is 0 Å². The van der Waals surface area contributed by atoms with E-state index in [9.17, 15) is 4.79 Å². The number of rotatable bonds is 5. The van der Waals surface area contributed by atoms with Gasteiger partial charge in [-0.2, -0.15) is 0 Å². The van der Waals surface area contributed by atoms with Gasteiger partial charge in [-0.1, -0.05) is 36.4 Å². The Morgan fingerprint density at radius 1 is 1.11 bits per heavy atom. The molecule has 19 heavy (non-hydrogen) atoms. The van der Waals surface area contributed by atoms with E-state index in [0.29, 0.717) is 11.5 Å². The Bertz CT molecular complexity index is 554. The first-order chi connectivity index (χ1) is 9.16. The summed E-state index contributed by atoms with van der Waals surface area (Å²) >= 11 is 0. The zero-order chi connectivity index (χ0) is 13.7. The van der Waals surface area contributed by atoms with Crippen molar-refractivity contribution in [1.29, 1.82) is 0 Å². The molecule has 0 heterocycles. The highest BCUT2D eigenvalue weighted by atomic mass is 16.5. The van der Waals surface area contributed by atoms with Gasteiger partial charge in [0, 0.05) is 6.42 Å². The minimum Gasteiger partial charge on any atom is -0.480 e. The summed E-state index contributed by atoms with van der Waals surface area (Å²) in [6.07, 6.45) is 0.234. The van der Waals surface area contributed by atoms with Gasteiger partial charge in [0.25, 0.3) is 0 Å². The zero-order valence-electron chi connectivity index (χ0n) is 10.3. The second-order valence-corrected chi connectivity index (χ2v) is 4.17. The summed E-state index contributed by atoms with van der Waals surface area (Å²) in [5, 5.41) is 8.86. The molecule has 0 aromatic heterocycles. The quantitative estimate of drug-likeness (QED) is 0.862. The fourth-order valence-electron chi connectivity index (χ4n) is 1.71. The van der Waals surface area contributed by atoms with E-state index in [4.69, 9.17) is 15.6 Å². The number of carboxylic acids is 1. The van der Waals surface area contributed by atoms with Gasteiger partial charge in [-0.25, -0.2) is 0 Å². The summed E-state index contributed by atoms with van der Waals surface area (Å²) in [7, 11) is 0. The molecule has 0 aliphatic rings. The van der Waals surface area contributed by atoms with Crippen LogP contribution in [0.1, 0.15) is 5.56 Å². The summed E-state index contributed by atoms with van der Waals surface area (Å²) in [4.78, 5) is 10.8. The number of aliphatic carboxylic acids is 1. The summed E-state index contributed by atoms with van der Waals surface area (Å²) < 4.78 is 5.74. The van der Waals surface area contributed by atoms with E-state index in [2.05, 4.69) is 0 Å².